The van der Waals surface area contributed by atoms with Crippen molar-refractivity contribution in [2.45, 2.75) is 19.4 Å². The number of anilines is 1. The van der Waals surface area contributed by atoms with Crippen LogP contribution in [0.1, 0.15) is 18.4 Å². The minimum atomic E-state index is -0.203. The van der Waals surface area contributed by atoms with Crippen molar-refractivity contribution in [3.63, 3.8) is 0 Å². The van der Waals surface area contributed by atoms with E-state index in [4.69, 9.17) is 4.74 Å². The van der Waals surface area contributed by atoms with E-state index in [0.717, 1.165) is 30.2 Å². The molecule has 1 saturated heterocycles. The van der Waals surface area contributed by atoms with E-state index in [9.17, 15) is 4.39 Å². The molecule has 23 heavy (non-hydrogen) atoms. The second-order valence-corrected chi connectivity index (χ2v) is 5.91. The fourth-order valence-electron chi connectivity index (χ4n) is 2.82. The Morgan fingerprint density at radius 2 is 1.83 bits per heavy atom. The van der Waals surface area contributed by atoms with Crippen molar-refractivity contribution < 1.29 is 9.13 Å². The second-order valence-electron chi connectivity index (χ2n) is 5.91. The Balaban J connectivity index is 1.43. The summed E-state index contributed by atoms with van der Waals surface area (Å²) in [4.78, 5) is 2.44. The van der Waals surface area contributed by atoms with Gasteiger partial charge in [0.05, 0.1) is 0 Å². The molecule has 1 fully saturated rings. The molecule has 1 N–H and O–H groups in total. The van der Waals surface area contributed by atoms with Crippen LogP contribution in [-0.2, 0) is 6.54 Å². The maximum Gasteiger partial charge on any atom is 0.123 e. The number of hydrogen-bond donors (Lipinski definition) is 1. The third kappa shape index (κ3) is 4.96. The van der Waals surface area contributed by atoms with Crippen molar-refractivity contribution in [2.75, 3.05) is 31.6 Å². The molecule has 0 amide bonds. The van der Waals surface area contributed by atoms with Crippen molar-refractivity contribution >= 4 is 5.69 Å². The van der Waals surface area contributed by atoms with Gasteiger partial charge in [-0.05, 0) is 67.9 Å². The van der Waals surface area contributed by atoms with Gasteiger partial charge < -0.3 is 10.1 Å². The van der Waals surface area contributed by atoms with E-state index in [1.165, 1.54) is 32.0 Å². The Morgan fingerprint density at radius 1 is 1.04 bits per heavy atom. The fourth-order valence-corrected chi connectivity index (χ4v) is 2.82. The summed E-state index contributed by atoms with van der Waals surface area (Å²) in [5, 5.41) is 3.29. The number of rotatable bonds is 7. The van der Waals surface area contributed by atoms with Crippen LogP contribution in [0, 0.1) is 5.82 Å². The van der Waals surface area contributed by atoms with Crippen LogP contribution in [0.2, 0.25) is 0 Å². The first kappa shape index (κ1) is 15.8. The van der Waals surface area contributed by atoms with Gasteiger partial charge in [-0.3, -0.25) is 4.90 Å². The number of benzene rings is 2. The van der Waals surface area contributed by atoms with Crippen LogP contribution < -0.4 is 10.1 Å². The Kier molecular flexibility index (Phi) is 5.48. The number of ether oxygens (including phenoxy) is 1. The molecule has 0 unspecified atom stereocenters. The first-order valence-electron chi connectivity index (χ1n) is 8.23. The molecule has 0 aliphatic carbocycles. The molecule has 122 valence electrons. The van der Waals surface area contributed by atoms with Crippen LogP contribution in [0.15, 0.2) is 48.5 Å². The van der Waals surface area contributed by atoms with Crippen molar-refractivity contribution in [3.8, 4) is 5.75 Å². The maximum atomic E-state index is 13.1. The molecule has 3 rings (SSSR count). The Hall–Kier alpha value is -2.07. The van der Waals surface area contributed by atoms with Crippen molar-refractivity contribution in [2.24, 2.45) is 0 Å². The van der Waals surface area contributed by atoms with E-state index >= 15 is 0 Å². The lowest BCUT2D eigenvalue weighted by Gasteiger charge is -2.15. The number of halogens is 1. The molecule has 0 radical (unpaired) electrons. The third-order valence-electron chi connectivity index (χ3n) is 4.11. The van der Waals surface area contributed by atoms with Crippen LogP contribution in [0.25, 0.3) is 0 Å². The highest BCUT2D eigenvalue weighted by Crippen LogP contribution is 2.17. The predicted molar refractivity (Wildman–Crippen MR) is 91.3 cm³/mol. The maximum absolute atomic E-state index is 13.1. The molecule has 0 spiro atoms. The van der Waals surface area contributed by atoms with Gasteiger partial charge in [0.15, 0.2) is 0 Å². The molecule has 4 heteroatoms. The van der Waals surface area contributed by atoms with E-state index in [0.29, 0.717) is 6.54 Å². The van der Waals surface area contributed by atoms with Crippen molar-refractivity contribution in [3.05, 3.63) is 59.9 Å². The number of nitrogens with zero attached hydrogens (tertiary/aromatic N) is 1. The molecule has 1 heterocycles. The van der Waals surface area contributed by atoms with Gasteiger partial charge in [-0.1, -0.05) is 12.1 Å². The normalized spacial score (nSPS) is 14.8. The molecule has 3 nitrogen and oxygen atoms in total. The molecule has 1 aliphatic heterocycles. The average molecular weight is 314 g/mol. The molecule has 2 aromatic carbocycles. The van der Waals surface area contributed by atoms with Crippen LogP contribution >= 0.6 is 0 Å². The van der Waals surface area contributed by atoms with Crippen molar-refractivity contribution in [1.82, 2.24) is 4.90 Å². The monoisotopic (exact) mass is 314 g/mol. The molecule has 0 bridgehead atoms. The molecule has 0 aromatic heterocycles. The summed E-state index contributed by atoms with van der Waals surface area (Å²) in [6.45, 7) is 4.74. The molecule has 0 atom stereocenters. The summed E-state index contributed by atoms with van der Waals surface area (Å²) < 4.78 is 18.9. The molecule has 1 aliphatic rings. The zero-order valence-corrected chi connectivity index (χ0v) is 13.3. The second kappa shape index (κ2) is 7.97. The van der Waals surface area contributed by atoms with Gasteiger partial charge in [0.2, 0.25) is 0 Å². The minimum absolute atomic E-state index is 0.203. The van der Waals surface area contributed by atoms with Crippen molar-refractivity contribution in [1.29, 1.82) is 0 Å². The fraction of sp³-hybridized carbons (Fsp3) is 0.368. The van der Waals surface area contributed by atoms with Gasteiger partial charge in [0, 0.05) is 18.8 Å². The highest BCUT2D eigenvalue weighted by Gasteiger charge is 2.10. The summed E-state index contributed by atoms with van der Waals surface area (Å²) in [7, 11) is 0. The number of hydrogen-bond acceptors (Lipinski definition) is 3. The summed E-state index contributed by atoms with van der Waals surface area (Å²) in [6.07, 6.45) is 2.62. The zero-order chi connectivity index (χ0) is 15.9. The van der Waals surface area contributed by atoms with E-state index in [-0.39, 0.29) is 5.82 Å². The smallest absolute Gasteiger partial charge is 0.123 e. The standard InChI is InChI=1S/C19H23FN2O/c20-17-5-3-4-16(14-17)15-21-18-6-8-19(9-7-18)23-13-12-22-10-1-2-11-22/h3-9,14,21H,1-2,10-13,15H2. The zero-order valence-electron chi connectivity index (χ0n) is 13.3. The first-order chi connectivity index (χ1) is 11.3. The Bertz CT molecular complexity index is 609. The van der Waals surface area contributed by atoms with Gasteiger partial charge in [-0.2, -0.15) is 0 Å². The molecular formula is C19H23FN2O. The largest absolute Gasteiger partial charge is 0.492 e. The Labute approximate surface area is 137 Å². The lowest BCUT2D eigenvalue weighted by atomic mass is 10.2. The highest BCUT2D eigenvalue weighted by atomic mass is 19.1. The van der Waals surface area contributed by atoms with Gasteiger partial charge in [0.1, 0.15) is 18.2 Å². The van der Waals surface area contributed by atoms with E-state index in [1.807, 2.05) is 30.3 Å². The topological polar surface area (TPSA) is 24.5 Å². The predicted octanol–water partition coefficient (Wildman–Crippen LogP) is 3.91. The molecular weight excluding hydrogens is 291 g/mol. The third-order valence-corrected chi connectivity index (χ3v) is 4.11. The Morgan fingerprint density at radius 3 is 2.57 bits per heavy atom. The van der Waals surface area contributed by atoms with E-state index < -0.39 is 0 Å². The average Bonchev–Trinajstić information content (AvgIpc) is 3.08. The summed E-state index contributed by atoms with van der Waals surface area (Å²) in [5.74, 6) is 0.687. The van der Waals surface area contributed by atoms with Gasteiger partial charge in [0.25, 0.3) is 0 Å². The van der Waals surface area contributed by atoms with Crippen LogP contribution in [-0.4, -0.2) is 31.1 Å². The molecule has 2 aromatic rings. The van der Waals surface area contributed by atoms with Gasteiger partial charge in [-0.25, -0.2) is 4.39 Å². The van der Waals surface area contributed by atoms with Gasteiger partial charge in [-0.15, -0.1) is 0 Å². The summed E-state index contributed by atoms with van der Waals surface area (Å²) >= 11 is 0. The summed E-state index contributed by atoms with van der Waals surface area (Å²) in [5.41, 5.74) is 1.93. The SMILES string of the molecule is Fc1cccc(CNc2ccc(OCCN3CCCC3)cc2)c1. The number of likely N-dealkylation sites (tertiary alicyclic amines) is 1. The number of nitrogens with one attached hydrogen (secondary N) is 1. The molecule has 0 saturated carbocycles. The quantitative estimate of drug-likeness (QED) is 0.838. The van der Waals surface area contributed by atoms with Crippen LogP contribution in [0.5, 0.6) is 5.75 Å². The van der Waals surface area contributed by atoms with Crippen LogP contribution in [0.3, 0.4) is 0 Å². The van der Waals surface area contributed by atoms with Crippen LogP contribution in [0.4, 0.5) is 10.1 Å². The summed E-state index contributed by atoms with van der Waals surface area (Å²) in [6, 6.07) is 14.6. The van der Waals surface area contributed by atoms with E-state index in [2.05, 4.69) is 10.2 Å². The first-order valence-corrected chi connectivity index (χ1v) is 8.23. The minimum Gasteiger partial charge on any atom is -0.492 e. The highest BCUT2D eigenvalue weighted by molar-refractivity contribution is 5.46. The lowest BCUT2D eigenvalue weighted by molar-refractivity contribution is 0.238. The van der Waals surface area contributed by atoms with Gasteiger partial charge >= 0.3 is 0 Å². The van der Waals surface area contributed by atoms with E-state index in [1.54, 1.807) is 12.1 Å². The lowest BCUT2D eigenvalue weighted by Crippen LogP contribution is -2.25.